The summed E-state index contributed by atoms with van der Waals surface area (Å²) in [5.74, 6) is 0.768. The second-order valence-electron chi connectivity index (χ2n) is 7.83. The Morgan fingerprint density at radius 2 is 1.73 bits per heavy atom. The molecule has 4 rings (SSSR count). The first kappa shape index (κ1) is 20.4. The normalized spacial score (nSPS) is 15.2. The zero-order chi connectivity index (χ0) is 20.8. The lowest BCUT2D eigenvalue weighted by Crippen LogP contribution is -2.41. The van der Waals surface area contributed by atoms with E-state index in [-0.39, 0.29) is 17.6 Å². The summed E-state index contributed by atoms with van der Waals surface area (Å²) in [5.41, 5.74) is 1.10. The molecule has 1 amide bonds. The molecule has 1 saturated heterocycles. The zero-order valence-electron chi connectivity index (χ0n) is 17.0. The molecule has 3 aromatic carbocycles. The van der Waals surface area contributed by atoms with Gasteiger partial charge in [-0.3, -0.25) is 9.69 Å². The largest absolute Gasteiger partial charge is 0.492 e. The Kier molecular flexibility index (Phi) is 6.60. The van der Waals surface area contributed by atoms with Crippen LogP contribution >= 0.6 is 0 Å². The van der Waals surface area contributed by atoms with E-state index in [1.54, 1.807) is 0 Å². The van der Waals surface area contributed by atoms with Crippen LogP contribution in [-0.4, -0.2) is 37.0 Å². The van der Waals surface area contributed by atoms with Gasteiger partial charge >= 0.3 is 0 Å². The Bertz CT molecular complexity index is 982. The van der Waals surface area contributed by atoms with Crippen molar-refractivity contribution in [1.82, 2.24) is 10.2 Å². The van der Waals surface area contributed by atoms with Crippen LogP contribution in [0.15, 0.2) is 66.7 Å². The highest BCUT2D eigenvalue weighted by Gasteiger charge is 2.24. The number of fused-ring (bicyclic) bond motifs is 1. The zero-order valence-corrected chi connectivity index (χ0v) is 17.0. The quantitative estimate of drug-likeness (QED) is 0.592. The Morgan fingerprint density at radius 1 is 1.00 bits per heavy atom. The smallest absolute Gasteiger partial charge is 0.223 e. The fourth-order valence-corrected chi connectivity index (χ4v) is 3.95. The van der Waals surface area contributed by atoms with Gasteiger partial charge in [-0.1, -0.05) is 42.5 Å². The van der Waals surface area contributed by atoms with E-state index in [4.69, 9.17) is 4.74 Å². The minimum Gasteiger partial charge on any atom is -0.492 e. The molecule has 0 bridgehead atoms. The number of nitrogens with one attached hydrogen (secondary N) is 1. The summed E-state index contributed by atoms with van der Waals surface area (Å²) in [7, 11) is 0. The van der Waals surface area contributed by atoms with E-state index < -0.39 is 0 Å². The van der Waals surface area contributed by atoms with Gasteiger partial charge in [0, 0.05) is 12.5 Å². The third-order valence-electron chi connectivity index (χ3n) is 5.67. The van der Waals surface area contributed by atoms with Crippen molar-refractivity contribution >= 4 is 16.7 Å². The molecule has 0 unspecified atom stereocenters. The molecule has 4 nitrogen and oxygen atoms in total. The van der Waals surface area contributed by atoms with Crippen LogP contribution in [0.25, 0.3) is 10.8 Å². The van der Waals surface area contributed by atoms with Gasteiger partial charge in [-0.25, -0.2) is 4.39 Å². The molecule has 156 valence electrons. The first-order valence-electron chi connectivity index (χ1n) is 10.5. The Morgan fingerprint density at radius 3 is 2.50 bits per heavy atom. The molecule has 0 atom stereocenters. The van der Waals surface area contributed by atoms with Crippen LogP contribution in [0.2, 0.25) is 0 Å². The number of piperidine rings is 1. The van der Waals surface area contributed by atoms with E-state index in [2.05, 4.69) is 22.3 Å². The average Bonchev–Trinajstić information content (AvgIpc) is 2.78. The molecule has 0 aliphatic carbocycles. The molecule has 1 heterocycles. The molecule has 0 saturated carbocycles. The molecule has 0 radical (unpaired) electrons. The van der Waals surface area contributed by atoms with Crippen molar-refractivity contribution in [3.63, 3.8) is 0 Å². The number of amides is 1. The minimum absolute atomic E-state index is 0.0511. The predicted octanol–water partition coefficient (Wildman–Crippen LogP) is 4.39. The number of hydrogen-bond donors (Lipinski definition) is 1. The minimum atomic E-state index is -0.210. The predicted molar refractivity (Wildman–Crippen MR) is 117 cm³/mol. The lowest BCUT2D eigenvalue weighted by Gasteiger charge is -2.31. The third-order valence-corrected chi connectivity index (χ3v) is 5.67. The Balaban J connectivity index is 1.16. The second-order valence-corrected chi connectivity index (χ2v) is 7.83. The summed E-state index contributed by atoms with van der Waals surface area (Å²) in [4.78, 5) is 14.8. The molecule has 1 aliphatic rings. The fourth-order valence-electron chi connectivity index (χ4n) is 3.95. The summed E-state index contributed by atoms with van der Waals surface area (Å²) in [6.07, 6.45) is 1.69. The Hall–Kier alpha value is -2.92. The number of carbonyl (C=O) groups is 1. The summed E-state index contributed by atoms with van der Waals surface area (Å²) in [5, 5.41) is 5.34. The number of benzene rings is 3. The van der Waals surface area contributed by atoms with Crippen LogP contribution in [0.5, 0.6) is 5.75 Å². The first-order valence-corrected chi connectivity index (χ1v) is 10.5. The van der Waals surface area contributed by atoms with Crippen LogP contribution in [0.3, 0.4) is 0 Å². The number of nitrogens with zero attached hydrogens (tertiary/aromatic N) is 1. The SMILES string of the molecule is O=C(NCCOc1ccc2ccccc2c1)C1CCN(Cc2ccc(F)cc2)CC1. The molecule has 0 spiro atoms. The van der Waals surface area contributed by atoms with Crippen molar-refractivity contribution in [3.05, 3.63) is 78.1 Å². The van der Waals surface area contributed by atoms with E-state index in [1.807, 2.05) is 42.5 Å². The highest BCUT2D eigenvalue weighted by molar-refractivity contribution is 5.83. The maximum absolute atomic E-state index is 13.0. The highest BCUT2D eigenvalue weighted by Crippen LogP contribution is 2.21. The molecule has 1 fully saturated rings. The summed E-state index contributed by atoms with van der Waals surface area (Å²) >= 11 is 0. The number of ether oxygens (including phenoxy) is 1. The summed E-state index contributed by atoms with van der Waals surface area (Å²) < 4.78 is 18.8. The topological polar surface area (TPSA) is 41.6 Å². The maximum atomic E-state index is 13.0. The van der Waals surface area contributed by atoms with E-state index in [0.29, 0.717) is 13.2 Å². The second kappa shape index (κ2) is 9.72. The van der Waals surface area contributed by atoms with Crippen molar-refractivity contribution in [2.45, 2.75) is 19.4 Å². The van der Waals surface area contributed by atoms with E-state index in [9.17, 15) is 9.18 Å². The molecular weight excluding hydrogens is 379 g/mol. The van der Waals surface area contributed by atoms with Gasteiger partial charge in [0.15, 0.2) is 0 Å². The number of carbonyl (C=O) groups excluding carboxylic acids is 1. The van der Waals surface area contributed by atoms with Gasteiger partial charge in [0.2, 0.25) is 5.91 Å². The van der Waals surface area contributed by atoms with Gasteiger partial charge in [0.25, 0.3) is 0 Å². The fraction of sp³-hybridized carbons (Fsp3) is 0.320. The van der Waals surface area contributed by atoms with E-state index in [1.165, 1.54) is 17.5 Å². The monoisotopic (exact) mass is 406 g/mol. The third kappa shape index (κ3) is 5.36. The van der Waals surface area contributed by atoms with Crippen LogP contribution in [0.1, 0.15) is 18.4 Å². The molecule has 1 aliphatic heterocycles. The first-order chi connectivity index (χ1) is 14.7. The van der Waals surface area contributed by atoms with Gasteiger partial charge in [-0.15, -0.1) is 0 Å². The van der Waals surface area contributed by atoms with Crippen LogP contribution in [-0.2, 0) is 11.3 Å². The number of halogens is 1. The highest BCUT2D eigenvalue weighted by atomic mass is 19.1. The van der Waals surface area contributed by atoms with Gasteiger partial charge in [0.05, 0.1) is 6.54 Å². The number of likely N-dealkylation sites (tertiary alicyclic amines) is 1. The lowest BCUT2D eigenvalue weighted by atomic mass is 9.95. The van der Waals surface area contributed by atoms with Crippen molar-refractivity contribution in [2.75, 3.05) is 26.2 Å². The van der Waals surface area contributed by atoms with E-state index >= 15 is 0 Å². The van der Waals surface area contributed by atoms with Gasteiger partial charge in [-0.2, -0.15) is 0 Å². The van der Waals surface area contributed by atoms with E-state index in [0.717, 1.165) is 49.2 Å². The number of hydrogen-bond acceptors (Lipinski definition) is 3. The molecule has 1 N–H and O–H groups in total. The lowest BCUT2D eigenvalue weighted by molar-refractivity contribution is -0.126. The van der Waals surface area contributed by atoms with Gasteiger partial charge in [0.1, 0.15) is 18.2 Å². The summed E-state index contributed by atoms with van der Waals surface area (Å²) in [6.45, 7) is 3.51. The van der Waals surface area contributed by atoms with Gasteiger partial charge in [-0.05, 0) is 66.5 Å². The molecular formula is C25H27FN2O2. The average molecular weight is 407 g/mol. The van der Waals surface area contributed by atoms with Crippen molar-refractivity contribution in [2.24, 2.45) is 5.92 Å². The van der Waals surface area contributed by atoms with Crippen molar-refractivity contribution in [3.8, 4) is 5.75 Å². The van der Waals surface area contributed by atoms with Crippen LogP contribution < -0.4 is 10.1 Å². The van der Waals surface area contributed by atoms with Crippen molar-refractivity contribution < 1.29 is 13.9 Å². The standard InChI is InChI=1S/C25H27FN2O2/c26-23-8-5-19(6-9-23)18-28-14-11-21(12-15-28)25(29)27-13-16-30-24-10-7-20-3-1-2-4-22(20)17-24/h1-10,17,21H,11-16,18H2,(H,27,29). The van der Waals surface area contributed by atoms with Crippen LogP contribution in [0, 0.1) is 11.7 Å². The maximum Gasteiger partial charge on any atom is 0.223 e. The molecule has 0 aromatic heterocycles. The van der Waals surface area contributed by atoms with Crippen molar-refractivity contribution in [1.29, 1.82) is 0 Å². The summed E-state index contributed by atoms with van der Waals surface area (Å²) in [6, 6.07) is 20.8. The molecule has 30 heavy (non-hydrogen) atoms. The van der Waals surface area contributed by atoms with Crippen LogP contribution in [0.4, 0.5) is 4.39 Å². The van der Waals surface area contributed by atoms with Gasteiger partial charge < -0.3 is 10.1 Å². The Labute approximate surface area is 176 Å². The molecule has 3 aromatic rings. The molecule has 5 heteroatoms. The number of rotatable bonds is 7.